The van der Waals surface area contributed by atoms with E-state index in [-0.39, 0.29) is 5.57 Å². The first kappa shape index (κ1) is 16.6. The van der Waals surface area contributed by atoms with Crippen LogP contribution >= 0.6 is 23.2 Å². The number of aromatic nitrogens is 2. The molecule has 0 spiro atoms. The third-order valence-electron chi connectivity index (χ3n) is 3.55. The minimum Gasteiger partial charge on any atom is -0.493 e. The highest BCUT2D eigenvalue weighted by atomic mass is 35.5. The molecule has 0 saturated heterocycles. The minimum atomic E-state index is -0.971. The molecular formula is C17H14Cl2N2O3. The van der Waals surface area contributed by atoms with Gasteiger partial charge in [0.25, 0.3) is 0 Å². The fraction of sp³-hybridized carbons (Fsp3) is 0.176. The zero-order chi connectivity index (χ0) is 17.3. The molecule has 2 N–H and O–H groups in total. The van der Waals surface area contributed by atoms with Gasteiger partial charge < -0.3 is 14.8 Å². The van der Waals surface area contributed by atoms with E-state index in [1.807, 2.05) is 6.92 Å². The van der Waals surface area contributed by atoms with Gasteiger partial charge in [0.15, 0.2) is 0 Å². The first-order valence-electron chi connectivity index (χ1n) is 7.32. The number of nitrogens with one attached hydrogen (secondary N) is 1. The highest BCUT2D eigenvalue weighted by molar-refractivity contribution is 6.42. The number of rotatable bonds is 4. The molecule has 1 aromatic heterocycles. The lowest BCUT2D eigenvalue weighted by Crippen LogP contribution is -2.01. The third kappa shape index (κ3) is 3.18. The molecule has 0 amide bonds. The number of imidazole rings is 1. The number of carboxylic acid groups (broad SMARTS) is 1. The molecule has 1 aromatic carbocycles. The van der Waals surface area contributed by atoms with Crippen LogP contribution in [0.15, 0.2) is 41.7 Å². The maximum Gasteiger partial charge on any atom is 0.332 e. The van der Waals surface area contributed by atoms with E-state index < -0.39 is 5.97 Å². The number of benzene rings is 1. The maximum atomic E-state index is 11.3. The monoisotopic (exact) mass is 364 g/mol. The lowest BCUT2D eigenvalue weighted by atomic mass is 10.2. The molecule has 3 rings (SSSR count). The third-order valence-corrected chi connectivity index (χ3v) is 4.27. The van der Waals surface area contributed by atoms with E-state index in [0.29, 0.717) is 45.7 Å². The molecule has 124 valence electrons. The van der Waals surface area contributed by atoms with Gasteiger partial charge in [-0.15, -0.1) is 0 Å². The number of nitrogens with zero attached hydrogens (tertiary/aromatic N) is 1. The number of aliphatic carboxylic acids is 1. The number of hydrogen-bond donors (Lipinski definition) is 2. The number of halogens is 2. The van der Waals surface area contributed by atoms with Gasteiger partial charge in [-0.1, -0.05) is 35.4 Å². The largest absolute Gasteiger partial charge is 0.493 e. The van der Waals surface area contributed by atoms with Crippen molar-refractivity contribution in [2.45, 2.75) is 13.3 Å². The summed E-state index contributed by atoms with van der Waals surface area (Å²) in [4.78, 5) is 19.0. The van der Waals surface area contributed by atoms with Gasteiger partial charge in [-0.2, -0.15) is 0 Å². The van der Waals surface area contributed by atoms with E-state index in [2.05, 4.69) is 9.97 Å². The first-order chi connectivity index (χ1) is 11.5. The van der Waals surface area contributed by atoms with Crippen molar-refractivity contribution in [1.29, 1.82) is 0 Å². The summed E-state index contributed by atoms with van der Waals surface area (Å²) in [5, 5.41) is 10.1. The van der Waals surface area contributed by atoms with Crippen molar-refractivity contribution in [2.75, 3.05) is 6.61 Å². The Morgan fingerprint density at radius 2 is 2.12 bits per heavy atom. The molecule has 1 aliphatic rings. The van der Waals surface area contributed by atoms with Crippen LogP contribution < -0.4 is 0 Å². The predicted molar refractivity (Wildman–Crippen MR) is 94.1 cm³/mol. The van der Waals surface area contributed by atoms with Crippen molar-refractivity contribution >= 4 is 45.8 Å². The Labute approximate surface area is 148 Å². The summed E-state index contributed by atoms with van der Waals surface area (Å²) in [6, 6.07) is 3.38. The molecule has 0 fully saturated rings. The average molecular weight is 365 g/mol. The summed E-state index contributed by atoms with van der Waals surface area (Å²) < 4.78 is 5.63. The summed E-state index contributed by atoms with van der Waals surface area (Å²) in [5.41, 5.74) is 2.34. The number of carbonyl (C=O) groups is 1. The highest BCUT2D eigenvalue weighted by Crippen LogP contribution is 2.30. The Hall–Kier alpha value is -2.24. The van der Waals surface area contributed by atoms with Gasteiger partial charge in [-0.05, 0) is 31.6 Å². The van der Waals surface area contributed by atoms with Gasteiger partial charge in [0, 0.05) is 5.57 Å². The van der Waals surface area contributed by atoms with E-state index in [1.54, 1.807) is 24.3 Å². The number of hydrogen-bond acceptors (Lipinski definition) is 3. The van der Waals surface area contributed by atoms with Crippen molar-refractivity contribution in [1.82, 2.24) is 9.97 Å². The Morgan fingerprint density at radius 3 is 2.83 bits per heavy atom. The molecule has 0 atom stereocenters. The van der Waals surface area contributed by atoms with Gasteiger partial charge in [0.05, 0.1) is 33.3 Å². The van der Waals surface area contributed by atoms with Gasteiger partial charge >= 0.3 is 5.97 Å². The molecule has 1 heterocycles. The zero-order valence-electron chi connectivity index (χ0n) is 12.8. The van der Waals surface area contributed by atoms with Crippen molar-refractivity contribution in [3.05, 3.63) is 57.6 Å². The number of fused-ring (bicyclic) bond motifs is 1. The summed E-state index contributed by atoms with van der Waals surface area (Å²) in [6.45, 7) is 2.25. The van der Waals surface area contributed by atoms with Crippen LogP contribution in [-0.4, -0.2) is 27.7 Å². The van der Waals surface area contributed by atoms with Crippen LogP contribution in [0.5, 0.6) is 0 Å². The number of ether oxygens (including phenoxy) is 1. The van der Waals surface area contributed by atoms with Crippen LogP contribution in [0.4, 0.5) is 0 Å². The van der Waals surface area contributed by atoms with Crippen molar-refractivity contribution in [3.8, 4) is 0 Å². The smallest absolute Gasteiger partial charge is 0.332 e. The van der Waals surface area contributed by atoms with Crippen LogP contribution in [-0.2, 0) is 9.53 Å². The van der Waals surface area contributed by atoms with Crippen LogP contribution in [0.25, 0.3) is 16.6 Å². The fourth-order valence-electron chi connectivity index (χ4n) is 2.43. The number of H-pyrrole nitrogens is 1. The van der Waals surface area contributed by atoms with Crippen molar-refractivity contribution < 1.29 is 14.6 Å². The van der Waals surface area contributed by atoms with E-state index in [0.717, 1.165) is 5.52 Å². The molecule has 0 bridgehead atoms. The SMILES string of the molecule is CCOC1=C(c2nc3cc(Cl)c(Cl)cc3[nH]2)C=CCC(C(=O)O)=C1. The molecule has 0 aliphatic heterocycles. The Balaban J connectivity index is 2.17. The fourth-order valence-corrected chi connectivity index (χ4v) is 2.75. The van der Waals surface area contributed by atoms with E-state index in [9.17, 15) is 9.90 Å². The van der Waals surface area contributed by atoms with E-state index in [1.165, 1.54) is 6.08 Å². The lowest BCUT2D eigenvalue weighted by Gasteiger charge is -2.08. The predicted octanol–water partition coefficient (Wildman–Crippen LogP) is 4.59. The molecule has 24 heavy (non-hydrogen) atoms. The summed E-state index contributed by atoms with van der Waals surface area (Å²) in [7, 11) is 0. The zero-order valence-corrected chi connectivity index (χ0v) is 14.3. The Morgan fingerprint density at radius 1 is 1.38 bits per heavy atom. The quantitative estimate of drug-likeness (QED) is 0.831. The van der Waals surface area contributed by atoms with Gasteiger partial charge in [0.1, 0.15) is 11.6 Å². The number of allylic oxidation sites excluding steroid dienone is 4. The number of carboxylic acids is 1. The second-order valence-electron chi connectivity index (χ2n) is 5.16. The molecule has 7 heteroatoms. The normalized spacial score (nSPS) is 14.7. The van der Waals surface area contributed by atoms with E-state index in [4.69, 9.17) is 27.9 Å². The van der Waals surface area contributed by atoms with Gasteiger partial charge in [0.2, 0.25) is 0 Å². The molecule has 5 nitrogen and oxygen atoms in total. The van der Waals surface area contributed by atoms with Crippen molar-refractivity contribution in [3.63, 3.8) is 0 Å². The Bertz CT molecular complexity index is 871. The van der Waals surface area contributed by atoms with Gasteiger partial charge in [-0.3, -0.25) is 0 Å². The second-order valence-corrected chi connectivity index (χ2v) is 5.98. The lowest BCUT2D eigenvalue weighted by molar-refractivity contribution is -0.132. The van der Waals surface area contributed by atoms with E-state index >= 15 is 0 Å². The summed E-state index contributed by atoms with van der Waals surface area (Å²) in [6.07, 6.45) is 5.43. The highest BCUT2D eigenvalue weighted by Gasteiger charge is 2.17. The molecule has 1 aliphatic carbocycles. The molecular weight excluding hydrogens is 351 g/mol. The van der Waals surface area contributed by atoms with Crippen LogP contribution in [0.3, 0.4) is 0 Å². The van der Waals surface area contributed by atoms with Crippen LogP contribution in [0.2, 0.25) is 10.0 Å². The molecule has 2 aromatic rings. The summed E-state index contributed by atoms with van der Waals surface area (Å²) >= 11 is 12.1. The summed E-state index contributed by atoms with van der Waals surface area (Å²) in [5.74, 6) is 0.0482. The molecule has 0 unspecified atom stereocenters. The van der Waals surface area contributed by atoms with Gasteiger partial charge in [-0.25, -0.2) is 9.78 Å². The van der Waals surface area contributed by atoms with Crippen LogP contribution in [0, 0.1) is 0 Å². The minimum absolute atomic E-state index is 0.256. The molecule has 0 saturated carbocycles. The van der Waals surface area contributed by atoms with Crippen molar-refractivity contribution in [2.24, 2.45) is 0 Å². The second kappa shape index (κ2) is 6.71. The average Bonchev–Trinajstić information content (AvgIpc) is 2.79. The topological polar surface area (TPSA) is 75.2 Å². The number of aromatic amines is 1. The molecule has 0 radical (unpaired) electrons. The standard InChI is InChI=1S/C17H14Cl2N2O3/c1-2-24-15-6-9(17(22)23)4-3-5-10(15)16-20-13-7-11(18)12(19)8-14(13)21-16/h3,5-8H,2,4H2,1H3,(H,20,21)(H,22,23). The maximum absolute atomic E-state index is 11.3. The first-order valence-corrected chi connectivity index (χ1v) is 8.07. The Kier molecular flexibility index (Phi) is 4.64. The van der Waals surface area contributed by atoms with Crippen LogP contribution in [0.1, 0.15) is 19.2 Å².